The molecule has 0 saturated carbocycles. The summed E-state index contributed by atoms with van der Waals surface area (Å²) in [5.41, 5.74) is 2.34. The highest BCUT2D eigenvalue weighted by atomic mass is 16.3. The molecule has 3 nitrogen and oxygen atoms in total. The molecule has 0 saturated heterocycles. The van der Waals surface area contributed by atoms with Gasteiger partial charge in [-0.05, 0) is 49.8 Å². The minimum absolute atomic E-state index is 0.0835. The molecule has 1 heterocycles. The molecule has 1 N–H and O–H groups in total. The van der Waals surface area contributed by atoms with Gasteiger partial charge in [0.05, 0.1) is 0 Å². The number of aromatic nitrogens is 1. The summed E-state index contributed by atoms with van der Waals surface area (Å²) in [6, 6.07) is 18.7. The van der Waals surface area contributed by atoms with Crippen LogP contribution in [0.1, 0.15) is 43.7 Å². The van der Waals surface area contributed by atoms with Crippen molar-refractivity contribution >= 4 is 16.7 Å². The van der Waals surface area contributed by atoms with E-state index < -0.39 is 5.60 Å². The Labute approximate surface area is 155 Å². The molecule has 3 aromatic rings. The van der Waals surface area contributed by atoms with E-state index in [-0.39, 0.29) is 11.7 Å². The van der Waals surface area contributed by atoms with Crippen molar-refractivity contribution in [2.75, 3.05) is 0 Å². The number of hydrogen-bond donors (Lipinski definition) is 1. The van der Waals surface area contributed by atoms with E-state index in [2.05, 4.69) is 35.0 Å². The highest BCUT2D eigenvalue weighted by Gasteiger charge is 2.28. The molecule has 1 atom stereocenters. The summed E-state index contributed by atoms with van der Waals surface area (Å²) in [5.74, 6) is -0.0243. The maximum atomic E-state index is 12.5. The lowest BCUT2D eigenvalue weighted by Gasteiger charge is -2.21. The quantitative estimate of drug-likeness (QED) is 0.676. The summed E-state index contributed by atoms with van der Waals surface area (Å²) >= 11 is 0. The first kappa shape index (κ1) is 18.4. The van der Waals surface area contributed by atoms with Crippen LogP contribution in [-0.4, -0.2) is 21.1 Å². The van der Waals surface area contributed by atoms with Crippen molar-refractivity contribution in [1.29, 1.82) is 0 Å². The van der Waals surface area contributed by atoms with Crippen molar-refractivity contribution in [3.05, 3.63) is 71.9 Å². The van der Waals surface area contributed by atoms with Crippen LogP contribution < -0.4 is 0 Å². The van der Waals surface area contributed by atoms with Crippen molar-refractivity contribution < 1.29 is 9.90 Å². The summed E-state index contributed by atoms with van der Waals surface area (Å²) < 4.78 is 2.12. The maximum Gasteiger partial charge on any atom is 0.164 e. The molecule has 0 aliphatic heterocycles. The van der Waals surface area contributed by atoms with Crippen LogP contribution >= 0.6 is 0 Å². The number of para-hydroxylation sites is 1. The molecule has 3 rings (SSSR count). The summed E-state index contributed by atoms with van der Waals surface area (Å²) in [4.78, 5) is 12.5. The Morgan fingerprint density at radius 3 is 2.42 bits per heavy atom. The number of benzene rings is 2. The number of nitrogens with zero attached hydrogens (tertiary/aromatic N) is 1. The molecule has 0 fully saturated rings. The van der Waals surface area contributed by atoms with Gasteiger partial charge in [0, 0.05) is 30.6 Å². The number of aryl methyl sites for hydroxylation is 2. The number of rotatable bonds is 7. The Bertz CT molecular complexity index is 887. The third kappa shape index (κ3) is 4.05. The van der Waals surface area contributed by atoms with Gasteiger partial charge in [0.1, 0.15) is 5.60 Å². The van der Waals surface area contributed by atoms with Crippen LogP contribution in [-0.2, 0) is 18.3 Å². The summed E-state index contributed by atoms with van der Waals surface area (Å²) in [6.45, 7) is 3.15. The molecule has 0 aliphatic rings. The number of hydrogen-bond acceptors (Lipinski definition) is 2. The molecule has 2 aromatic carbocycles. The minimum Gasteiger partial charge on any atom is -0.383 e. The normalized spacial score (nSPS) is 13.1. The van der Waals surface area contributed by atoms with Gasteiger partial charge in [0.25, 0.3) is 0 Å². The van der Waals surface area contributed by atoms with E-state index in [9.17, 15) is 9.90 Å². The lowest BCUT2D eigenvalue weighted by atomic mass is 9.85. The molecule has 26 heavy (non-hydrogen) atoms. The Morgan fingerprint density at radius 2 is 1.73 bits per heavy atom. The third-order valence-corrected chi connectivity index (χ3v) is 5.11. The van der Waals surface area contributed by atoms with E-state index in [1.54, 1.807) is 13.8 Å². The fourth-order valence-corrected chi connectivity index (χ4v) is 3.53. The predicted molar refractivity (Wildman–Crippen MR) is 106 cm³/mol. The number of aliphatic hydroxyl groups is 1. The van der Waals surface area contributed by atoms with E-state index in [4.69, 9.17) is 0 Å². The summed E-state index contributed by atoms with van der Waals surface area (Å²) in [7, 11) is 2.04. The zero-order chi connectivity index (χ0) is 18.7. The van der Waals surface area contributed by atoms with Gasteiger partial charge in [0.15, 0.2) is 5.78 Å². The molecular formula is C23H27NO2. The predicted octanol–water partition coefficient (Wildman–Crippen LogP) is 4.62. The minimum atomic E-state index is -1.30. The zero-order valence-corrected chi connectivity index (χ0v) is 15.8. The van der Waals surface area contributed by atoms with Crippen molar-refractivity contribution in [3.8, 4) is 0 Å². The van der Waals surface area contributed by atoms with Crippen LogP contribution in [0.2, 0.25) is 0 Å². The average molecular weight is 349 g/mol. The first-order valence-corrected chi connectivity index (χ1v) is 9.20. The third-order valence-electron chi connectivity index (χ3n) is 5.11. The highest BCUT2D eigenvalue weighted by Crippen LogP contribution is 2.34. The number of ketones is 1. The number of fused-ring (bicyclic) bond motifs is 1. The molecule has 0 radical (unpaired) electrons. The average Bonchev–Trinajstić information content (AvgIpc) is 2.95. The van der Waals surface area contributed by atoms with Crippen LogP contribution in [0.4, 0.5) is 0 Å². The summed E-state index contributed by atoms with van der Waals surface area (Å²) in [5, 5.41) is 11.3. The molecule has 0 unspecified atom stereocenters. The summed E-state index contributed by atoms with van der Waals surface area (Å²) in [6.07, 6.45) is 4.27. The number of carbonyl (C=O) groups excluding carboxylic acids is 1. The van der Waals surface area contributed by atoms with Crippen LogP contribution in [0.25, 0.3) is 10.9 Å². The van der Waals surface area contributed by atoms with E-state index >= 15 is 0 Å². The maximum absolute atomic E-state index is 12.5. The van der Waals surface area contributed by atoms with Gasteiger partial charge in [-0.25, -0.2) is 0 Å². The van der Waals surface area contributed by atoms with Gasteiger partial charge in [-0.3, -0.25) is 4.79 Å². The van der Waals surface area contributed by atoms with Gasteiger partial charge >= 0.3 is 0 Å². The molecule has 0 aliphatic carbocycles. The lowest BCUT2D eigenvalue weighted by Crippen LogP contribution is -2.32. The van der Waals surface area contributed by atoms with Crippen LogP contribution in [0.15, 0.2) is 60.8 Å². The van der Waals surface area contributed by atoms with E-state index in [1.165, 1.54) is 22.0 Å². The SMILES string of the molecule is Cn1cc([C@@H](CCc2ccccc2)CC(=O)C(C)(C)O)c2ccccc21. The van der Waals surface area contributed by atoms with Gasteiger partial charge in [-0.1, -0.05) is 48.5 Å². The zero-order valence-electron chi connectivity index (χ0n) is 15.8. The Kier molecular flexibility index (Phi) is 5.28. The molecule has 0 amide bonds. The Hall–Kier alpha value is -2.39. The van der Waals surface area contributed by atoms with Crippen LogP contribution in [0.3, 0.4) is 0 Å². The van der Waals surface area contributed by atoms with Crippen molar-refractivity contribution in [2.24, 2.45) is 7.05 Å². The van der Waals surface area contributed by atoms with Gasteiger partial charge < -0.3 is 9.67 Å². The van der Waals surface area contributed by atoms with Crippen LogP contribution in [0, 0.1) is 0 Å². The molecule has 0 spiro atoms. The van der Waals surface area contributed by atoms with Gasteiger partial charge in [-0.2, -0.15) is 0 Å². The second kappa shape index (κ2) is 7.46. The van der Waals surface area contributed by atoms with E-state index in [0.29, 0.717) is 6.42 Å². The molecule has 1 aromatic heterocycles. The topological polar surface area (TPSA) is 42.2 Å². The van der Waals surface area contributed by atoms with Gasteiger partial charge in [0.2, 0.25) is 0 Å². The molecule has 136 valence electrons. The Balaban J connectivity index is 1.92. The monoisotopic (exact) mass is 349 g/mol. The fraction of sp³-hybridized carbons (Fsp3) is 0.348. The van der Waals surface area contributed by atoms with Crippen LogP contribution in [0.5, 0.6) is 0 Å². The number of carbonyl (C=O) groups is 1. The van der Waals surface area contributed by atoms with Crippen molar-refractivity contribution in [2.45, 2.75) is 44.6 Å². The van der Waals surface area contributed by atoms with E-state index in [0.717, 1.165) is 12.8 Å². The lowest BCUT2D eigenvalue weighted by molar-refractivity contribution is -0.134. The molecular weight excluding hydrogens is 322 g/mol. The second-order valence-corrected chi connectivity index (χ2v) is 7.62. The Morgan fingerprint density at radius 1 is 1.08 bits per heavy atom. The second-order valence-electron chi connectivity index (χ2n) is 7.62. The largest absolute Gasteiger partial charge is 0.383 e. The van der Waals surface area contributed by atoms with Crippen molar-refractivity contribution in [1.82, 2.24) is 4.57 Å². The smallest absolute Gasteiger partial charge is 0.164 e. The standard InChI is InChI=1S/C23H27NO2/c1-23(2,26)22(25)15-18(14-13-17-9-5-4-6-10-17)20-16-24(3)21-12-8-7-11-19(20)21/h4-12,16,18,26H,13-15H2,1-3H3/t18-/m0/s1. The van der Waals surface area contributed by atoms with E-state index in [1.807, 2.05) is 37.4 Å². The molecule has 0 bridgehead atoms. The highest BCUT2D eigenvalue weighted by molar-refractivity contribution is 5.89. The molecule has 3 heteroatoms. The van der Waals surface area contributed by atoms with Gasteiger partial charge in [-0.15, -0.1) is 0 Å². The fourth-order valence-electron chi connectivity index (χ4n) is 3.53. The first-order chi connectivity index (χ1) is 12.4. The van der Waals surface area contributed by atoms with Crippen molar-refractivity contribution in [3.63, 3.8) is 0 Å². The number of Topliss-reactive ketones (excluding diaryl/α,β-unsaturated/α-hetero) is 1. The first-order valence-electron chi connectivity index (χ1n) is 9.20.